The molecular weight excluding hydrogens is 462 g/mol. The minimum atomic E-state index is -1.25. The van der Waals surface area contributed by atoms with E-state index in [9.17, 15) is 14.7 Å². The van der Waals surface area contributed by atoms with Crippen molar-refractivity contribution in [2.45, 2.75) is 20.8 Å². The van der Waals surface area contributed by atoms with Crippen LogP contribution in [-0.2, 0) is 4.79 Å². The lowest BCUT2D eigenvalue weighted by molar-refractivity contribution is -0.132. The predicted octanol–water partition coefficient (Wildman–Crippen LogP) is 6.28. The summed E-state index contributed by atoms with van der Waals surface area (Å²) in [6.45, 7) is 5.77. The van der Waals surface area contributed by atoms with E-state index in [1.54, 1.807) is 25.1 Å². The van der Waals surface area contributed by atoms with E-state index in [2.05, 4.69) is 5.32 Å². The summed E-state index contributed by atoms with van der Waals surface area (Å²) in [6.07, 6.45) is 1.42. The molecule has 0 aliphatic rings. The Morgan fingerprint density at radius 2 is 1.76 bits per heavy atom. The van der Waals surface area contributed by atoms with Crippen molar-refractivity contribution in [2.75, 3.05) is 14.2 Å². The average molecular weight is 488 g/mol. The van der Waals surface area contributed by atoms with Gasteiger partial charge in [0.25, 0.3) is 5.91 Å². The molecule has 0 spiro atoms. The van der Waals surface area contributed by atoms with Crippen LogP contribution in [0, 0.1) is 6.92 Å². The first-order chi connectivity index (χ1) is 15.8. The van der Waals surface area contributed by atoms with Gasteiger partial charge in [0.05, 0.1) is 14.2 Å². The zero-order valence-corrected chi connectivity index (χ0v) is 20.6. The van der Waals surface area contributed by atoms with Crippen LogP contribution in [0.5, 0.6) is 11.5 Å². The zero-order valence-electron chi connectivity index (χ0n) is 19.1. The molecule has 0 saturated carbocycles. The topological polar surface area (TPSA) is 84.9 Å². The van der Waals surface area contributed by atoms with Crippen molar-refractivity contribution in [3.05, 3.63) is 75.3 Å². The lowest BCUT2D eigenvalue weighted by Gasteiger charge is -2.13. The van der Waals surface area contributed by atoms with Gasteiger partial charge in [-0.15, -0.1) is 11.3 Å². The number of ether oxygens (including phenoxy) is 2. The number of carboxylic acid groups (broad SMARTS) is 1. The van der Waals surface area contributed by atoms with Crippen molar-refractivity contribution >= 4 is 40.9 Å². The number of benzene rings is 2. The van der Waals surface area contributed by atoms with Gasteiger partial charge in [0.1, 0.15) is 5.70 Å². The molecule has 1 aromatic heterocycles. The molecule has 0 aliphatic heterocycles. The van der Waals surface area contributed by atoms with Crippen LogP contribution >= 0.6 is 22.9 Å². The highest BCUT2D eigenvalue weighted by Gasteiger charge is 2.18. The summed E-state index contributed by atoms with van der Waals surface area (Å²) < 4.78 is 10.5. The summed E-state index contributed by atoms with van der Waals surface area (Å²) in [7, 11) is 2.97. The number of carbonyl (C=O) groups excluding carboxylic acids is 1. The molecule has 33 heavy (non-hydrogen) atoms. The van der Waals surface area contributed by atoms with Gasteiger partial charge in [-0.25, -0.2) is 4.79 Å². The van der Waals surface area contributed by atoms with Crippen molar-refractivity contribution < 1.29 is 24.2 Å². The highest BCUT2D eigenvalue weighted by atomic mass is 35.5. The molecule has 1 heterocycles. The van der Waals surface area contributed by atoms with Gasteiger partial charge < -0.3 is 19.9 Å². The van der Waals surface area contributed by atoms with Crippen LogP contribution in [-0.4, -0.2) is 31.2 Å². The van der Waals surface area contributed by atoms with Crippen LogP contribution in [0.4, 0.5) is 0 Å². The molecule has 174 valence electrons. The molecule has 1 amide bonds. The van der Waals surface area contributed by atoms with Crippen LogP contribution in [0.15, 0.2) is 54.2 Å². The van der Waals surface area contributed by atoms with Gasteiger partial charge in [-0.3, -0.25) is 4.79 Å². The number of hydrogen-bond donors (Lipinski definition) is 2. The molecule has 0 saturated heterocycles. The molecule has 3 rings (SSSR count). The van der Waals surface area contributed by atoms with Crippen LogP contribution < -0.4 is 14.8 Å². The molecule has 0 aliphatic carbocycles. The molecular formula is C25H26ClNO5S. The number of thiophene rings is 1. The van der Waals surface area contributed by atoms with Gasteiger partial charge in [0.2, 0.25) is 0 Å². The lowest BCUT2D eigenvalue weighted by Crippen LogP contribution is -2.27. The second-order valence-electron chi connectivity index (χ2n) is 6.53. The third kappa shape index (κ3) is 6.37. The molecule has 6 nitrogen and oxygen atoms in total. The second-order valence-corrected chi connectivity index (χ2v) is 8.05. The smallest absolute Gasteiger partial charge is 0.352 e. The third-order valence-corrected chi connectivity index (χ3v) is 5.85. The Kier molecular flexibility index (Phi) is 9.51. The van der Waals surface area contributed by atoms with Crippen molar-refractivity contribution in [1.82, 2.24) is 5.32 Å². The number of carboxylic acids is 1. The Labute approximate surface area is 202 Å². The van der Waals surface area contributed by atoms with E-state index in [1.165, 1.54) is 37.7 Å². The number of methoxy groups -OCH3 is 2. The van der Waals surface area contributed by atoms with Gasteiger partial charge in [-0.2, -0.15) is 0 Å². The van der Waals surface area contributed by atoms with E-state index in [-0.39, 0.29) is 11.3 Å². The summed E-state index contributed by atoms with van der Waals surface area (Å²) in [5.74, 6) is -0.922. The maximum Gasteiger partial charge on any atom is 0.352 e. The molecule has 0 atom stereocenters. The standard InChI is InChI=1S/C23H20ClNO5S.C2H6/c1-13-10-14(11-19(29-2)21(13)30-3)22(26)25-18(23(27)28)12-15-8-9-20(31-15)16-6-4-5-7-17(16)24;1-2/h4-12H,1-3H3,(H,25,26)(H,27,28);1-2H3/b18-12-;. The van der Waals surface area contributed by atoms with Crippen LogP contribution in [0.3, 0.4) is 0 Å². The zero-order chi connectivity index (χ0) is 24.5. The fraction of sp³-hybridized carbons (Fsp3) is 0.200. The summed E-state index contributed by atoms with van der Waals surface area (Å²) in [6, 6.07) is 14.1. The first-order valence-electron chi connectivity index (χ1n) is 10.2. The summed E-state index contributed by atoms with van der Waals surface area (Å²) in [5.41, 5.74) is 1.56. The third-order valence-electron chi connectivity index (χ3n) is 4.46. The number of rotatable bonds is 7. The van der Waals surface area contributed by atoms with Gasteiger partial charge >= 0.3 is 5.97 Å². The predicted molar refractivity (Wildman–Crippen MR) is 133 cm³/mol. The number of aryl methyl sites for hydroxylation is 1. The first kappa shape index (κ1) is 26.0. The van der Waals surface area contributed by atoms with Gasteiger partial charge in [-0.05, 0) is 48.9 Å². The first-order valence-corrected chi connectivity index (χ1v) is 11.4. The van der Waals surface area contributed by atoms with E-state index in [4.69, 9.17) is 21.1 Å². The molecule has 8 heteroatoms. The largest absolute Gasteiger partial charge is 0.493 e. The van der Waals surface area contributed by atoms with E-state index in [1.807, 2.05) is 38.1 Å². The number of carbonyl (C=O) groups is 2. The molecule has 0 fully saturated rings. The van der Waals surface area contributed by atoms with E-state index < -0.39 is 11.9 Å². The summed E-state index contributed by atoms with van der Waals surface area (Å²) >= 11 is 7.61. The van der Waals surface area contributed by atoms with Crippen LogP contribution in [0.25, 0.3) is 16.5 Å². The fourth-order valence-electron chi connectivity index (χ4n) is 3.01. The number of aliphatic carboxylic acids is 1. The second kappa shape index (κ2) is 12.1. The van der Waals surface area contributed by atoms with E-state index in [0.717, 1.165) is 10.4 Å². The van der Waals surface area contributed by atoms with Crippen molar-refractivity contribution in [3.63, 3.8) is 0 Å². The van der Waals surface area contributed by atoms with Crippen molar-refractivity contribution in [2.24, 2.45) is 0 Å². The average Bonchev–Trinajstić information content (AvgIpc) is 3.27. The van der Waals surface area contributed by atoms with E-state index >= 15 is 0 Å². The Balaban J connectivity index is 0.00000187. The Hall–Kier alpha value is -3.29. The maximum absolute atomic E-state index is 12.7. The number of nitrogens with one attached hydrogen (secondary N) is 1. The minimum Gasteiger partial charge on any atom is -0.493 e. The van der Waals surface area contributed by atoms with Crippen LogP contribution in [0.2, 0.25) is 5.02 Å². The molecule has 0 unspecified atom stereocenters. The van der Waals surface area contributed by atoms with Gasteiger partial charge in [0.15, 0.2) is 11.5 Å². The Morgan fingerprint density at radius 1 is 1.06 bits per heavy atom. The maximum atomic E-state index is 12.7. The SMILES string of the molecule is CC.COc1cc(C(=O)N/C(=C\c2ccc(-c3ccccc3Cl)s2)C(=O)O)cc(C)c1OC. The fourth-order valence-corrected chi connectivity index (χ4v) is 4.29. The molecule has 3 aromatic rings. The molecule has 0 bridgehead atoms. The van der Waals surface area contributed by atoms with Gasteiger partial charge in [-0.1, -0.05) is 43.6 Å². The number of hydrogen-bond acceptors (Lipinski definition) is 5. The highest BCUT2D eigenvalue weighted by molar-refractivity contribution is 7.16. The number of halogens is 1. The number of amides is 1. The highest BCUT2D eigenvalue weighted by Crippen LogP contribution is 2.34. The lowest BCUT2D eigenvalue weighted by atomic mass is 10.1. The summed E-state index contributed by atoms with van der Waals surface area (Å²) in [5, 5.41) is 12.7. The normalized spacial score (nSPS) is 10.7. The molecule has 2 N–H and O–H groups in total. The molecule has 0 radical (unpaired) electrons. The van der Waals surface area contributed by atoms with Crippen molar-refractivity contribution in [3.8, 4) is 21.9 Å². The molecule has 2 aromatic carbocycles. The minimum absolute atomic E-state index is 0.245. The Bertz CT molecular complexity index is 1170. The van der Waals surface area contributed by atoms with Crippen LogP contribution in [0.1, 0.15) is 34.6 Å². The Morgan fingerprint density at radius 3 is 2.36 bits per heavy atom. The quantitative estimate of drug-likeness (QED) is 0.383. The van der Waals surface area contributed by atoms with E-state index in [0.29, 0.717) is 27.0 Å². The van der Waals surface area contributed by atoms with Crippen molar-refractivity contribution in [1.29, 1.82) is 0 Å². The summed E-state index contributed by atoms with van der Waals surface area (Å²) in [4.78, 5) is 26.0. The van der Waals surface area contributed by atoms with Gasteiger partial charge in [0, 0.05) is 25.9 Å². The monoisotopic (exact) mass is 487 g/mol.